The Morgan fingerprint density at radius 1 is 1.19 bits per heavy atom. The average molecular weight is 302 g/mol. The Bertz CT molecular complexity index is 488. The summed E-state index contributed by atoms with van der Waals surface area (Å²) in [7, 11) is 0. The first kappa shape index (κ1) is 16.0. The van der Waals surface area contributed by atoms with Gasteiger partial charge in [0.2, 0.25) is 0 Å². The van der Waals surface area contributed by atoms with Crippen molar-refractivity contribution in [3.05, 3.63) is 41.5 Å². The van der Waals surface area contributed by atoms with Gasteiger partial charge in [0.05, 0.1) is 24.9 Å². The van der Waals surface area contributed by atoms with Crippen molar-refractivity contribution in [2.75, 3.05) is 20.0 Å². The highest BCUT2D eigenvalue weighted by molar-refractivity contribution is 5.50. The van der Waals surface area contributed by atoms with E-state index in [4.69, 9.17) is 9.47 Å². The van der Waals surface area contributed by atoms with Gasteiger partial charge in [-0.05, 0) is 17.7 Å². The second-order valence-electron chi connectivity index (χ2n) is 5.39. The van der Waals surface area contributed by atoms with Crippen LogP contribution < -0.4 is 0 Å². The maximum absolute atomic E-state index is 12.4. The summed E-state index contributed by atoms with van der Waals surface area (Å²) in [6.07, 6.45) is -2.02. The molecule has 0 aliphatic carbocycles. The molecule has 1 aromatic rings. The minimum absolute atomic E-state index is 0.213. The summed E-state index contributed by atoms with van der Waals surface area (Å²) in [4.78, 5) is 0. The second-order valence-corrected chi connectivity index (χ2v) is 5.39. The Morgan fingerprint density at radius 2 is 1.76 bits per heavy atom. The normalized spacial score (nSPS) is 20.6. The molecule has 116 valence electrons. The summed E-state index contributed by atoms with van der Waals surface area (Å²) in [5.41, 5.74) is -0.662. The van der Waals surface area contributed by atoms with Gasteiger partial charge >= 0.3 is 6.18 Å². The van der Waals surface area contributed by atoms with Gasteiger partial charge in [-0.25, -0.2) is 0 Å². The number of benzene rings is 1. The molecule has 1 aromatic carbocycles. The largest absolute Gasteiger partial charge is 0.416 e. The summed E-state index contributed by atoms with van der Waals surface area (Å²) < 4.78 is 47.7. The van der Waals surface area contributed by atoms with E-state index in [9.17, 15) is 18.3 Å². The summed E-state index contributed by atoms with van der Waals surface area (Å²) in [5, 5.41) is 10.2. The molecule has 21 heavy (non-hydrogen) atoms. The third-order valence-corrected chi connectivity index (χ3v) is 3.45. The van der Waals surface area contributed by atoms with E-state index in [1.807, 2.05) is 6.92 Å². The maximum Gasteiger partial charge on any atom is 0.416 e. The molecule has 2 rings (SSSR count). The lowest BCUT2D eigenvalue weighted by molar-refractivity contribution is -0.181. The number of ether oxygens (including phenoxy) is 2. The van der Waals surface area contributed by atoms with Crippen LogP contribution in [0.4, 0.5) is 13.2 Å². The SMILES string of the molecule is CC1(C(O)C=Cc2ccc(C(F)(F)F)cc2)COCOC1. The molecule has 0 spiro atoms. The molecule has 1 saturated heterocycles. The summed E-state index contributed by atoms with van der Waals surface area (Å²) in [6.45, 7) is 2.77. The fourth-order valence-electron chi connectivity index (χ4n) is 2.04. The van der Waals surface area contributed by atoms with E-state index in [1.54, 1.807) is 12.2 Å². The van der Waals surface area contributed by atoms with E-state index in [0.717, 1.165) is 12.1 Å². The van der Waals surface area contributed by atoms with Crippen LogP contribution in [0.3, 0.4) is 0 Å². The molecule has 1 aliphatic rings. The van der Waals surface area contributed by atoms with Gasteiger partial charge in [-0.3, -0.25) is 0 Å². The van der Waals surface area contributed by atoms with Gasteiger partial charge in [-0.2, -0.15) is 13.2 Å². The standard InChI is InChI=1S/C15H17F3O3/c1-14(8-20-10-21-9-14)13(19)7-4-11-2-5-12(6-3-11)15(16,17)18/h2-7,13,19H,8-10H2,1H3. The smallest absolute Gasteiger partial charge is 0.388 e. The van der Waals surface area contributed by atoms with Gasteiger partial charge in [0, 0.05) is 5.41 Å². The first-order valence-corrected chi connectivity index (χ1v) is 6.50. The molecule has 1 aliphatic heterocycles. The minimum Gasteiger partial charge on any atom is -0.388 e. The Balaban J connectivity index is 2.03. The molecule has 0 aromatic heterocycles. The molecule has 6 heteroatoms. The number of hydrogen-bond donors (Lipinski definition) is 1. The molecule has 1 atom stereocenters. The zero-order valence-electron chi connectivity index (χ0n) is 11.6. The van der Waals surface area contributed by atoms with Gasteiger partial charge < -0.3 is 14.6 Å². The van der Waals surface area contributed by atoms with Crippen molar-refractivity contribution in [2.24, 2.45) is 5.41 Å². The van der Waals surface area contributed by atoms with Crippen molar-refractivity contribution in [3.63, 3.8) is 0 Å². The van der Waals surface area contributed by atoms with E-state index in [2.05, 4.69) is 0 Å². The molecule has 0 radical (unpaired) electrons. The van der Waals surface area contributed by atoms with Crippen LogP contribution in [-0.2, 0) is 15.7 Å². The highest BCUT2D eigenvalue weighted by Crippen LogP contribution is 2.30. The molecule has 1 N–H and O–H groups in total. The molecule has 1 unspecified atom stereocenters. The number of aliphatic hydroxyl groups excluding tert-OH is 1. The van der Waals surface area contributed by atoms with Gasteiger partial charge in [-0.15, -0.1) is 0 Å². The van der Waals surface area contributed by atoms with Gasteiger partial charge in [0.15, 0.2) is 0 Å². The van der Waals surface area contributed by atoms with Crippen LogP contribution in [0, 0.1) is 5.41 Å². The second kappa shape index (κ2) is 6.17. The number of alkyl halides is 3. The highest BCUT2D eigenvalue weighted by Gasteiger charge is 2.35. The van der Waals surface area contributed by atoms with Crippen LogP contribution in [-0.4, -0.2) is 31.2 Å². The molecule has 1 fully saturated rings. The fraction of sp³-hybridized carbons (Fsp3) is 0.467. The highest BCUT2D eigenvalue weighted by atomic mass is 19.4. The van der Waals surface area contributed by atoms with Crippen LogP contribution in [0.25, 0.3) is 6.08 Å². The molecular weight excluding hydrogens is 285 g/mol. The van der Waals surface area contributed by atoms with Gasteiger partial charge in [0.25, 0.3) is 0 Å². The van der Waals surface area contributed by atoms with Crippen molar-refractivity contribution in [3.8, 4) is 0 Å². The molecular formula is C15H17F3O3. The number of halogens is 3. The fourth-order valence-corrected chi connectivity index (χ4v) is 2.04. The van der Waals surface area contributed by atoms with E-state index in [1.165, 1.54) is 12.1 Å². The third kappa shape index (κ3) is 4.06. The minimum atomic E-state index is -4.34. The number of rotatable bonds is 3. The van der Waals surface area contributed by atoms with Crippen LogP contribution in [0.15, 0.2) is 30.3 Å². The summed E-state index contributed by atoms with van der Waals surface area (Å²) in [5.74, 6) is 0. The molecule has 0 bridgehead atoms. The lowest BCUT2D eigenvalue weighted by Gasteiger charge is -2.35. The predicted molar refractivity (Wildman–Crippen MR) is 71.4 cm³/mol. The average Bonchev–Trinajstić information content (AvgIpc) is 2.45. The van der Waals surface area contributed by atoms with E-state index >= 15 is 0 Å². The quantitative estimate of drug-likeness (QED) is 0.932. The lowest BCUT2D eigenvalue weighted by Crippen LogP contribution is -2.43. The Kier molecular flexibility index (Phi) is 4.70. The maximum atomic E-state index is 12.4. The van der Waals surface area contributed by atoms with E-state index in [-0.39, 0.29) is 6.79 Å². The van der Waals surface area contributed by atoms with Crippen LogP contribution in [0.1, 0.15) is 18.1 Å². The third-order valence-electron chi connectivity index (χ3n) is 3.45. The van der Waals surface area contributed by atoms with E-state index < -0.39 is 23.3 Å². The Morgan fingerprint density at radius 3 is 2.29 bits per heavy atom. The molecule has 3 nitrogen and oxygen atoms in total. The lowest BCUT2D eigenvalue weighted by atomic mass is 9.85. The number of aliphatic hydroxyl groups is 1. The van der Waals surface area contributed by atoms with Crippen molar-refractivity contribution < 1.29 is 27.8 Å². The Hall–Kier alpha value is -1.37. The summed E-state index contributed by atoms with van der Waals surface area (Å²) >= 11 is 0. The first-order chi connectivity index (χ1) is 9.81. The van der Waals surface area contributed by atoms with Crippen molar-refractivity contribution in [1.29, 1.82) is 0 Å². The van der Waals surface area contributed by atoms with Crippen molar-refractivity contribution in [2.45, 2.75) is 19.2 Å². The predicted octanol–water partition coefficient (Wildman–Crippen LogP) is 3.09. The topological polar surface area (TPSA) is 38.7 Å². The van der Waals surface area contributed by atoms with Gasteiger partial charge in [-0.1, -0.05) is 31.2 Å². The first-order valence-electron chi connectivity index (χ1n) is 6.50. The van der Waals surface area contributed by atoms with Crippen LogP contribution in [0.2, 0.25) is 0 Å². The molecule has 0 saturated carbocycles. The van der Waals surface area contributed by atoms with E-state index in [0.29, 0.717) is 18.8 Å². The van der Waals surface area contributed by atoms with Crippen molar-refractivity contribution in [1.82, 2.24) is 0 Å². The van der Waals surface area contributed by atoms with Crippen LogP contribution >= 0.6 is 0 Å². The molecule has 0 amide bonds. The Labute approximate surface area is 121 Å². The molecule has 1 heterocycles. The van der Waals surface area contributed by atoms with Crippen LogP contribution in [0.5, 0.6) is 0 Å². The summed E-state index contributed by atoms with van der Waals surface area (Å²) in [6, 6.07) is 4.76. The number of hydrogen-bond acceptors (Lipinski definition) is 3. The zero-order chi connectivity index (χ0) is 15.5. The van der Waals surface area contributed by atoms with Gasteiger partial charge in [0.1, 0.15) is 6.79 Å². The zero-order valence-corrected chi connectivity index (χ0v) is 11.6. The monoisotopic (exact) mass is 302 g/mol. The van der Waals surface area contributed by atoms with Crippen molar-refractivity contribution >= 4 is 6.08 Å².